The van der Waals surface area contributed by atoms with Gasteiger partial charge in [-0.3, -0.25) is 9.97 Å². The van der Waals surface area contributed by atoms with Gasteiger partial charge in [0, 0.05) is 28.4 Å². The summed E-state index contributed by atoms with van der Waals surface area (Å²) < 4.78 is 0. The maximum atomic E-state index is 5.80. The zero-order valence-electron chi connectivity index (χ0n) is 8.35. The highest BCUT2D eigenvalue weighted by atomic mass is 35.5. The largest absolute Gasteiger partial charge is 0.255 e. The quantitative estimate of drug-likeness (QED) is 0.606. The van der Waals surface area contributed by atoms with Gasteiger partial charge in [-0.25, -0.2) is 0 Å². The van der Waals surface area contributed by atoms with E-state index in [1.54, 1.807) is 18.0 Å². The van der Waals surface area contributed by atoms with Crippen molar-refractivity contribution in [2.45, 2.75) is 17.1 Å². The number of alkyl halides is 1. The van der Waals surface area contributed by atoms with E-state index in [1.165, 1.54) is 0 Å². The molecular formula is C11H11ClN2S. The molecule has 0 amide bonds. The van der Waals surface area contributed by atoms with Crippen LogP contribution in [0.25, 0.3) is 11.0 Å². The summed E-state index contributed by atoms with van der Waals surface area (Å²) in [5.41, 5.74) is 1.89. The molecule has 2 rings (SSSR count). The van der Waals surface area contributed by atoms with Gasteiger partial charge in [0.25, 0.3) is 0 Å². The molecule has 0 spiro atoms. The number of hydrogen-bond donors (Lipinski definition) is 0. The lowest BCUT2D eigenvalue weighted by Gasteiger charge is -2.08. The fraction of sp³-hybridized carbons (Fsp3) is 0.273. The number of pyridine rings is 2. The smallest absolute Gasteiger partial charge is 0.102 e. The van der Waals surface area contributed by atoms with Gasteiger partial charge in [-0.15, -0.1) is 23.4 Å². The number of fused-ring (bicyclic) bond motifs is 1. The van der Waals surface area contributed by atoms with Crippen LogP contribution >= 0.6 is 23.4 Å². The van der Waals surface area contributed by atoms with Crippen molar-refractivity contribution < 1.29 is 0 Å². The Kier molecular flexibility index (Phi) is 3.44. The predicted molar refractivity (Wildman–Crippen MR) is 65.6 cm³/mol. The molecule has 4 heteroatoms. The molecule has 1 unspecified atom stereocenters. The van der Waals surface area contributed by atoms with Gasteiger partial charge in [0.15, 0.2) is 0 Å². The summed E-state index contributed by atoms with van der Waals surface area (Å²) >= 11 is 7.53. The fourth-order valence-electron chi connectivity index (χ4n) is 1.30. The molecule has 0 saturated heterocycles. The number of halogens is 1. The van der Waals surface area contributed by atoms with Crippen LogP contribution in [0.3, 0.4) is 0 Å². The van der Waals surface area contributed by atoms with Crippen molar-refractivity contribution in [2.24, 2.45) is 0 Å². The van der Waals surface area contributed by atoms with Crippen LogP contribution in [0.5, 0.6) is 0 Å². The normalized spacial score (nSPS) is 12.9. The van der Waals surface area contributed by atoms with Crippen LogP contribution in [0, 0.1) is 0 Å². The van der Waals surface area contributed by atoms with Crippen molar-refractivity contribution >= 4 is 34.4 Å². The van der Waals surface area contributed by atoms with Gasteiger partial charge in [-0.1, -0.05) is 6.92 Å². The third kappa shape index (κ3) is 2.41. The Bertz CT molecular complexity index is 456. The second-order valence-corrected chi connectivity index (χ2v) is 5.05. The van der Waals surface area contributed by atoms with Crippen LogP contribution in [0.1, 0.15) is 6.92 Å². The first-order valence-corrected chi connectivity index (χ1v) is 6.15. The minimum absolute atomic E-state index is 0.388. The Hall–Kier alpha value is -0.800. The Morgan fingerprint density at radius 2 is 2.20 bits per heavy atom. The highest BCUT2D eigenvalue weighted by molar-refractivity contribution is 8.00. The predicted octanol–water partition coefficient (Wildman–Crippen LogP) is 3.35. The topological polar surface area (TPSA) is 25.8 Å². The molecule has 0 aromatic carbocycles. The summed E-state index contributed by atoms with van der Waals surface area (Å²) in [4.78, 5) is 9.76. The third-order valence-electron chi connectivity index (χ3n) is 2.00. The third-order valence-corrected chi connectivity index (χ3v) is 3.80. The minimum Gasteiger partial charge on any atom is -0.255 e. The van der Waals surface area contributed by atoms with Crippen molar-refractivity contribution in [3.8, 4) is 0 Å². The van der Waals surface area contributed by atoms with E-state index in [4.69, 9.17) is 11.6 Å². The van der Waals surface area contributed by atoms with Gasteiger partial charge in [-0.2, -0.15) is 0 Å². The van der Waals surface area contributed by atoms with Gasteiger partial charge >= 0.3 is 0 Å². The highest BCUT2D eigenvalue weighted by Gasteiger charge is 2.07. The highest BCUT2D eigenvalue weighted by Crippen LogP contribution is 2.28. The van der Waals surface area contributed by atoms with E-state index in [-0.39, 0.29) is 0 Å². The van der Waals surface area contributed by atoms with Gasteiger partial charge in [0.2, 0.25) is 0 Å². The van der Waals surface area contributed by atoms with Gasteiger partial charge in [-0.05, 0) is 18.2 Å². The van der Waals surface area contributed by atoms with E-state index in [0.29, 0.717) is 11.1 Å². The molecule has 0 aliphatic rings. The molecule has 0 N–H and O–H groups in total. The standard InChI is InChI=1S/C11H11ClN2S/c1-8(7-12)15-10-4-6-13-9-3-2-5-14-11(9)10/h2-6,8H,7H2,1H3. The maximum absolute atomic E-state index is 5.80. The number of hydrogen-bond acceptors (Lipinski definition) is 3. The molecule has 2 aromatic heterocycles. The average Bonchev–Trinajstić information content (AvgIpc) is 2.29. The Labute approximate surface area is 98.1 Å². The molecular weight excluding hydrogens is 228 g/mol. The molecule has 2 nitrogen and oxygen atoms in total. The molecule has 0 aliphatic carbocycles. The lowest BCUT2D eigenvalue weighted by atomic mass is 10.3. The van der Waals surface area contributed by atoms with Crippen molar-refractivity contribution in [3.63, 3.8) is 0 Å². The summed E-state index contributed by atoms with van der Waals surface area (Å²) in [7, 11) is 0. The monoisotopic (exact) mass is 238 g/mol. The van der Waals surface area contributed by atoms with Crippen LogP contribution in [0.15, 0.2) is 35.5 Å². The minimum atomic E-state index is 0.388. The zero-order chi connectivity index (χ0) is 10.7. The Morgan fingerprint density at radius 3 is 3.00 bits per heavy atom. The zero-order valence-corrected chi connectivity index (χ0v) is 9.92. The van der Waals surface area contributed by atoms with E-state index >= 15 is 0 Å². The van der Waals surface area contributed by atoms with Crippen molar-refractivity contribution in [1.82, 2.24) is 9.97 Å². The van der Waals surface area contributed by atoms with Gasteiger partial charge in [0.05, 0.1) is 5.52 Å². The number of rotatable bonds is 3. The first-order valence-electron chi connectivity index (χ1n) is 4.73. The number of thioether (sulfide) groups is 1. The van der Waals surface area contributed by atoms with E-state index < -0.39 is 0 Å². The van der Waals surface area contributed by atoms with Gasteiger partial charge < -0.3 is 0 Å². The summed E-state index contributed by atoms with van der Waals surface area (Å²) in [5.74, 6) is 0.640. The molecule has 78 valence electrons. The lowest BCUT2D eigenvalue weighted by molar-refractivity contribution is 1.12. The molecule has 1 atom stereocenters. The average molecular weight is 239 g/mol. The maximum Gasteiger partial charge on any atom is 0.102 e. The summed E-state index contributed by atoms with van der Waals surface area (Å²) in [6.07, 6.45) is 3.60. The van der Waals surface area contributed by atoms with Gasteiger partial charge in [0.1, 0.15) is 5.52 Å². The molecule has 0 bridgehead atoms. The second kappa shape index (κ2) is 4.81. The molecule has 0 saturated carbocycles. The first kappa shape index (κ1) is 10.7. The van der Waals surface area contributed by atoms with E-state index in [1.807, 2.05) is 24.4 Å². The molecule has 0 aliphatic heterocycles. The van der Waals surface area contributed by atoms with Crippen LogP contribution in [0.2, 0.25) is 0 Å². The Morgan fingerprint density at radius 1 is 1.33 bits per heavy atom. The first-order chi connectivity index (χ1) is 7.31. The van der Waals surface area contributed by atoms with Crippen molar-refractivity contribution in [2.75, 3.05) is 5.88 Å². The number of nitrogens with zero attached hydrogens (tertiary/aromatic N) is 2. The number of aromatic nitrogens is 2. The summed E-state index contributed by atoms with van der Waals surface area (Å²) in [5, 5.41) is 0.388. The SMILES string of the molecule is CC(CCl)Sc1ccnc2cccnc12. The Balaban J connectivity index is 2.42. The molecule has 0 radical (unpaired) electrons. The van der Waals surface area contributed by atoms with E-state index in [2.05, 4.69) is 16.9 Å². The molecule has 15 heavy (non-hydrogen) atoms. The summed E-state index contributed by atoms with van der Waals surface area (Å²) in [6, 6.07) is 5.86. The second-order valence-electron chi connectivity index (χ2n) is 3.26. The van der Waals surface area contributed by atoms with Crippen LogP contribution in [-0.4, -0.2) is 21.1 Å². The molecule has 2 heterocycles. The summed E-state index contributed by atoms with van der Waals surface area (Å²) in [6.45, 7) is 2.10. The molecule has 2 aromatic rings. The lowest BCUT2D eigenvalue weighted by Crippen LogP contribution is -1.97. The van der Waals surface area contributed by atoms with Crippen LogP contribution in [-0.2, 0) is 0 Å². The molecule has 0 fully saturated rings. The van der Waals surface area contributed by atoms with Crippen LogP contribution in [0.4, 0.5) is 0 Å². The van der Waals surface area contributed by atoms with E-state index in [0.717, 1.165) is 15.9 Å². The van der Waals surface area contributed by atoms with Crippen LogP contribution < -0.4 is 0 Å². The van der Waals surface area contributed by atoms with E-state index in [9.17, 15) is 0 Å². The van der Waals surface area contributed by atoms with Crippen molar-refractivity contribution in [1.29, 1.82) is 0 Å². The fourth-order valence-corrected chi connectivity index (χ4v) is 2.39. The van der Waals surface area contributed by atoms with Crippen molar-refractivity contribution in [3.05, 3.63) is 30.6 Å².